The summed E-state index contributed by atoms with van der Waals surface area (Å²) in [5, 5.41) is 10.1. The fourth-order valence-electron chi connectivity index (χ4n) is 7.71. The predicted octanol–water partition coefficient (Wildman–Crippen LogP) is 5.74. The van der Waals surface area contributed by atoms with Crippen LogP contribution in [0.3, 0.4) is 0 Å². The molecule has 6 rings (SSSR count). The van der Waals surface area contributed by atoms with Gasteiger partial charge in [-0.3, -0.25) is 24.0 Å². The number of aliphatic hydroxyl groups excluding tert-OH is 1. The van der Waals surface area contributed by atoms with Crippen LogP contribution in [0.25, 0.3) is 0 Å². The van der Waals surface area contributed by atoms with Gasteiger partial charge in [-0.1, -0.05) is 41.5 Å². The molecule has 10 unspecified atom stereocenters. The third-order valence-corrected chi connectivity index (χ3v) is 15.0. The van der Waals surface area contributed by atoms with Crippen LogP contribution in [-0.4, -0.2) is 140 Å². The number of carbonyl (C=O) groups excluding carboxylic acids is 10. The van der Waals surface area contributed by atoms with E-state index in [1.165, 1.54) is 20.8 Å². The third kappa shape index (κ3) is 17.6. The van der Waals surface area contributed by atoms with Gasteiger partial charge in [-0.25, -0.2) is 24.0 Å². The molecule has 22 heteroatoms. The number of cyclic esters (lactones) is 3. The van der Waals surface area contributed by atoms with E-state index in [4.69, 9.17) is 42.6 Å². The van der Waals surface area contributed by atoms with Crippen molar-refractivity contribution < 1.29 is 105 Å². The van der Waals surface area contributed by atoms with Gasteiger partial charge in [0.2, 0.25) is 18.3 Å². The van der Waals surface area contributed by atoms with Crippen LogP contribution in [0, 0.1) is 39.4 Å². The first kappa shape index (κ1) is 64.9. The van der Waals surface area contributed by atoms with Crippen LogP contribution in [0.5, 0.6) is 0 Å². The van der Waals surface area contributed by atoms with Gasteiger partial charge in [-0.05, 0) is 101 Å². The highest BCUT2D eigenvalue weighted by molar-refractivity contribution is 5.86. The molecule has 432 valence electrons. The van der Waals surface area contributed by atoms with Gasteiger partial charge in [0.15, 0.2) is 18.0 Å². The molecule has 6 aliphatic rings. The maximum atomic E-state index is 12.1. The molecule has 2 bridgehead atoms. The van der Waals surface area contributed by atoms with Crippen molar-refractivity contribution in [3.63, 3.8) is 0 Å². The SMILES string of the molecule is CCC(C)(C)C(=O)OC(C)C(=O)OC1CCOC1=O.CCC(C)(C)C(=O)OC1C2CC3C(=O)OC1C3C2.CCC(C)(C)C(=O)OCCC(=O)OC1CCOC1=O.CCC(C)(C)C(O)OC(C)(C)C(=O)OC1CCOC1=O. The van der Waals surface area contributed by atoms with E-state index in [0.29, 0.717) is 50.4 Å². The van der Waals surface area contributed by atoms with E-state index in [0.717, 1.165) is 19.3 Å². The van der Waals surface area contributed by atoms with Crippen molar-refractivity contribution in [3.8, 4) is 0 Å². The lowest BCUT2D eigenvalue weighted by atomic mass is 9.87. The zero-order valence-corrected chi connectivity index (χ0v) is 47.2. The van der Waals surface area contributed by atoms with Crippen molar-refractivity contribution in [2.45, 2.75) is 217 Å². The standard InChI is InChI=1S/C14H24O6.C14H20O4.2C13H20O6/c1-6-13(2,3)11(16)20-14(4,5)12(17)19-9-7-8-18-10(9)15;1-4-14(2,3)13(16)18-10-7-5-8-9(6-7)12(15)17-11(8)10;1-5-13(3,4)12(16)18-8(2)10(14)19-9-6-7-17-11(9)15;1-4-13(2,3)12(16)18-8-6-10(14)19-9-5-7-17-11(9)15/h9,11,16H,6-8H2,1-5H3;7-11H,4-6H2,1-3H3;8-9H,5-7H2,1-4H3;9H,4-8H2,1-3H3. The van der Waals surface area contributed by atoms with E-state index in [2.05, 4.69) is 9.47 Å². The molecule has 4 aliphatic heterocycles. The van der Waals surface area contributed by atoms with Gasteiger partial charge in [0.05, 0.1) is 48.4 Å². The minimum absolute atomic E-state index is 0.0388. The Morgan fingerprint density at radius 2 is 1.07 bits per heavy atom. The maximum Gasteiger partial charge on any atom is 0.348 e. The van der Waals surface area contributed by atoms with Crippen LogP contribution >= 0.6 is 0 Å². The lowest BCUT2D eigenvalue weighted by molar-refractivity contribution is -0.233. The molecule has 0 spiro atoms. The summed E-state index contributed by atoms with van der Waals surface area (Å²) in [7, 11) is 0. The number of hydrogen-bond donors (Lipinski definition) is 1. The Morgan fingerprint density at radius 3 is 1.54 bits per heavy atom. The van der Waals surface area contributed by atoms with E-state index in [-0.39, 0.29) is 68.9 Å². The van der Waals surface area contributed by atoms with Crippen LogP contribution in [0.4, 0.5) is 0 Å². The Kier molecular flexibility index (Phi) is 23.3. The second-order valence-electron chi connectivity index (χ2n) is 22.9. The van der Waals surface area contributed by atoms with Gasteiger partial charge in [-0.15, -0.1) is 0 Å². The molecule has 4 saturated heterocycles. The summed E-state index contributed by atoms with van der Waals surface area (Å²) in [5.74, 6) is -3.95. The van der Waals surface area contributed by atoms with Crippen LogP contribution in [0.2, 0.25) is 0 Å². The zero-order valence-electron chi connectivity index (χ0n) is 47.2. The molecular formula is C54H84O22. The highest BCUT2D eigenvalue weighted by atomic mass is 16.7. The lowest BCUT2D eigenvalue weighted by Gasteiger charge is -2.34. The molecule has 1 N–H and O–H groups in total. The Labute approximate surface area is 446 Å². The van der Waals surface area contributed by atoms with Crippen molar-refractivity contribution in [1.82, 2.24) is 0 Å². The molecule has 0 aromatic heterocycles. The summed E-state index contributed by atoms with van der Waals surface area (Å²) in [5.41, 5.74) is -3.48. The molecule has 4 heterocycles. The van der Waals surface area contributed by atoms with E-state index in [9.17, 15) is 53.1 Å². The van der Waals surface area contributed by atoms with Crippen LogP contribution < -0.4 is 0 Å². The van der Waals surface area contributed by atoms with Crippen LogP contribution in [0.1, 0.15) is 168 Å². The third-order valence-electron chi connectivity index (χ3n) is 15.0. The first-order chi connectivity index (χ1) is 35.2. The number of ether oxygens (including phenoxy) is 11. The Morgan fingerprint density at radius 1 is 0.592 bits per heavy atom. The summed E-state index contributed by atoms with van der Waals surface area (Å²) in [6.45, 7) is 27.3. The average molecular weight is 1090 g/mol. The molecule has 2 saturated carbocycles. The zero-order chi connectivity index (χ0) is 57.7. The molecule has 10 atom stereocenters. The van der Waals surface area contributed by atoms with Crippen molar-refractivity contribution >= 4 is 59.7 Å². The van der Waals surface area contributed by atoms with E-state index < -0.39 is 99.8 Å². The van der Waals surface area contributed by atoms with Crippen molar-refractivity contribution in [1.29, 1.82) is 0 Å². The number of rotatable bonds is 20. The maximum absolute atomic E-state index is 12.1. The number of carbonyl (C=O) groups is 10. The Hall–Kier alpha value is -5.38. The Balaban J connectivity index is 0.000000267. The van der Waals surface area contributed by atoms with Crippen molar-refractivity contribution in [3.05, 3.63) is 0 Å². The minimum Gasteiger partial charge on any atom is -0.465 e. The van der Waals surface area contributed by atoms with Crippen LogP contribution in [0.15, 0.2) is 0 Å². The summed E-state index contributed by atoms with van der Waals surface area (Å²) >= 11 is 0. The smallest absolute Gasteiger partial charge is 0.348 e. The molecule has 6 fully saturated rings. The monoisotopic (exact) mass is 1080 g/mol. The molecule has 76 heavy (non-hydrogen) atoms. The number of hydrogen-bond acceptors (Lipinski definition) is 22. The second-order valence-corrected chi connectivity index (χ2v) is 22.9. The Bertz CT molecular complexity index is 2090. The van der Waals surface area contributed by atoms with E-state index in [1.54, 1.807) is 27.7 Å². The summed E-state index contributed by atoms with van der Waals surface area (Å²) < 4.78 is 55.5. The largest absolute Gasteiger partial charge is 0.465 e. The van der Waals surface area contributed by atoms with Gasteiger partial charge in [0.25, 0.3) is 0 Å². The van der Waals surface area contributed by atoms with Crippen molar-refractivity contribution in [2.24, 2.45) is 39.4 Å². The summed E-state index contributed by atoms with van der Waals surface area (Å²) in [6, 6.07) is 0. The molecule has 0 aromatic carbocycles. The molecule has 0 amide bonds. The number of aliphatic hydroxyl groups is 1. The van der Waals surface area contributed by atoms with Gasteiger partial charge < -0.3 is 57.2 Å². The summed E-state index contributed by atoms with van der Waals surface area (Å²) in [4.78, 5) is 116. The van der Waals surface area contributed by atoms with E-state index >= 15 is 0 Å². The lowest BCUT2D eigenvalue weighted by Crippen LogP contribution is -2.46. The minimum atomic E-state index is -1.34. The van der Waals surface area contributed by atoms with Gasteiger partial charge >= 0.3 is 59.7 Å². The fourth-order valence-corrected chi connectivity index (χ4v) is 7.71. The molecule has 2 aliphatic carbocycles. The summed E-state index contributed by atoms with van der Waals surface area (Å²) in [6.07, 6.45) is 0.449. The van der Waals surface area contributed by atoms with E-state index in [1.807, 2.05) is 55.4 Å². The van der Waals surface area contributed by atoms with Gasteiger partial charge in [-0.2, -0.15) is 0 Å². The van der Waals surface area contributed by atoms with Gasteiger partial charge in [0, 0.05) is 36.5 Å². The highest BCUT2D eigenvalue weighted by Gasteiger charge is 2.63. The number of fused-ring (bicyclic) bond motifs is 1. The molecule has 0 aromatic rings. The first-order valence-electron chi connectivity index (χ1n) is 26.4. The molecule has 22 nitrogen and oxygen atoms in total. The second kappa shape index (κ2) is 27.3. The molecule has 0 radical (unpaired) electrons. The quantitative estimate of drug-likeness (QED) is 0.0863. The first-order valence-corrected chi connectivity index (χ1v) is 26.4. The molecular weight excluding hydrogens is 1000 g/mol. The fraction of sp³-hybridized carbons (Fsp3) is 0.815. The van der Waals surface area contributed by atoms with Crippen molar-refractivity contribution in [2.75, 3.05) is 26.4 Å². The van der Waals surface area contributed by atoms with Gasteiger partial charge in [0.1, 0.15) is 18.8 Å². The predicted molar refractivity (Wildman–Crippen MR) is 264 cm³/mol. The number of esters is 10. The highest BCUT2D eigenvalue weighted by Crippen LogP contribution is 2.55. The normalized spacial score (nSPS) is 25.3. The topological polar surface area (TPSA) is 292 Å². The average Bonchev–Trinajstić information content (AvgIpc) is 4.23. The van der Waals surface area contributed by atoms with Crippen LogP contribution in [-0.2, 0) is 100 Å².